The van der Waals surface area contributed by atoms with Crippen LogP contribution in [0.25, 0.3) is 0 Å². The third kappa shape index (κ3) is 4.19. The molecular weight excluding hydrogens is 258 g/mol. The first-order chi connectivity index (χ1) is 10.2. The molecule has 2 rings (SSSR count). The summed E-state index contributed by atoms with van der Waals surface area (Å²) in [5, 5.41) is 3.43. The number of nitrogens with zero attached hydrogens (tertiary/aromatic N) is 2. The van der Waals surface area contributed by atoms with Crippen molar-refractivity contribution in [1.82, 2.24) is 10.3 Å². The number of piperidine rings is 1. The van der Waals surface area contributed by atoms with E-state index in [1.54, 1.807) is 0 Å². The molecule has 0 radical (unpaired) electrons. The summed E-state index contributed by atoms with van der Waals surface area (Å²) in [5.74, 6) is 0. The average molecular weight is 289 g/mol. The topological polar surface area (TPSA) is 28.2 Å². The van der Waals surface area contributed by atoms with Gasteiger partial charge < -0.3 is 10.2 Å². The first kappa shape index (κ1) is 16.3. The second-order valence-corrected chi connectivity index (χ2v) is 6.38. The first-order valence-electron chi connectivity index (χ1n) is 8.63. The smallest absolute Gasteiger partial charge is 0.0562 e. The van der Waals surface area contributed by atoms with Crippen molar-refractivity contribution in [1.29, 1.82) is 0 Å². The third-order valence-corrected chi connectivity index (χ3v) is 5.22. The fraction of sp³-hybridized carbons (Fsp3) is 0.722. The van der Waals surface area contributed by atoms with Crippen LogP contribution in [0.4, 0.5) is 5.69 Å². The van der Waals surface area contributed by atoms with Crippen molar-refractivity contribution in [2.24, 2.45) is 5.41 Å². The summed E-state index contributed by atoms with van der Waals surface area (Å²) in [6, 6.07) is 4.42. The molecule has 1 saturated heterocycles. The van der Waals surface area contributed by atoms with E-state index in [1.165, 1.54) is 50.9 Å². The van der Waals surface area contributed by atoms with Crippen molar-refractivity contribution in [2.75, 3.05) is 24.5 Å². The minimum atomic E-state index is 0.592. The Balaban J connectivity index is 1.95. The zero-order valence-electron chi connectivity index (χ0n) is 14.0. The van der Waals surface area contributed by atoms with Crippen molar-refractivity contribution in [2.45, 2.75) is 59.4 Å². The molecule has 0 unspecified atom stereocenters. The summed E-state index contributed by atoms with van der Waals surface area (Å²) in [7, 11) is 0. The fourth-order valence-electron chi connectivity index (χ4n) is 3.35. The van der Waals surface area contributed by atoms with Gasteiger partial charge in [-0.3, -0.25) is 4.98 Å². The largest absolute Gasteiger partial charge is 0.371 e. The van der Waals surface area contributed by atoms with Crippen LogP contribution in [0.1, 0.15) is 58.6 Å². The highest BCUT2D eigenvalue weighted by Gasteiger charge is 2.31. The van der Waals surface area contributed by atoms with E-state index in [2.05, 4.69) is 48.1 Å². The van der Waals surface area contributed by atoms with Gasteiger partial charge >= 0.3 is 0 Å². The van der Waals surface area contributed by atoms with Gasteiger partial charge in [0.05, 0.1) is 5.69 Å². The van der Waals surface area contributed by atoms with Gasteiger partial charge in [0, 0.05) is 31.5 Å². The highest BCUT2D eigenvalue weighted by molar-refractivity contribution is 5.47. The van der Waals surface area contributed by atoms with Crippen LogP contribution in [0.3, 0.4) is 0 Å². The van der Waals surface area contributed by atoms with Crippen LogP contribution in [0.15, 0.2) is 18.3 Å². The summed E-state index contributed by atoms with van der Waals surface area (Å²) in [6.07, 6.45) is 8.42. The Kier molecular flexibility index (Phi) is 6.04. The fourth-order valence-corrected chi connectivity index (χ4v) is 3.35. The lowest BCUT2D eigenvalue weighted by Crippen LogP contribution is -2.39. The van der Waals surface area contributed by atoms with Crippen molar-refractivity contribution in [3.05, 3.63) is 24.0 Å². The van der Waals surface area contributed by atoms with Crippen molar-refractivity contribution >= 4 is 5.69 Å². The zero-order chi connectivity index (χ0) is 15.1. The van der Waals surface area contributed by atoms with Gasteiger partial charge in [-0.25, -0.2) is 0 Å². The van der Waals surface area contributed by atoms with E-state index in [0.29, 0.717) is 5.41 Å². The van der Waals surface area contributed by atoms with Crippen molar-refractivity contribution in [3.63, 3.8) is 0 Å². The van der Waals surface area contributed by atoms with Gasteiger partial charge in [-0.1, -0.05) is 33.6 Å². The lowest BCUT2D eigenvalue weighted by atomic mass is 9.74. The molecule has 2 heterocycles. The summed E-state index contributed by atoms with van der Waals surface area (Å²) >= 11 is 0. The SMILES string of the molecule is CCCNCc1cc(N2CCC(CC)(CC)CC2)ccn1. The maximum atomic E-state index is 4.48. The van der Waals surface area contributed by atoms with E-state index in [9.17, 15) is 0 Å². The predicted molar refractivity (Wildman–Crippen MR) is 90.7 cm³/mol. The molecule has 0 amide bonds. The Bertz CT molecular complexity index is 416. The molecule has 3 nitrogen and oxygen atoms in total. The number of nitrogens with one attached hydrogen (secondary N) is 1. The van der Waals surface area contributed by atoms with Crippen LogP contribution < -0.4 is 10.2 Å². The molecular formula is C18H31N3. The monoisotopic (exact) mass is 289 g/mol. The van der Waals surface area contributed by atoms with Crippen LogP contribution in [-0.4, -0.2) is 24.6 Å². The second kappa shape index (κ2) is 7.79. The van der Waals surface area contributed by atoms with Crippen molar-refractivity contribution in [3.8, 4) is 0 Å². The van der Waals surface area contributed by atoms with Gasteiger partial charge in [0.2, 0.25) is 0 Å². The van der Waals surface area contributed by atoms with E-state index in [1.807, 2.05) is 6.20 Å². The highest BCUT2D eigenvalue weighted by Crippen LogP contribution is 2.39. The lowest BCUT2D eigenvalue weighted by Gasteiger charge is -2.42. The van der Waals surface area contributed by atoms with Crippen LogP contribution in [-0.2, 0) is 6.54 Å². The number of anilines is 1. The Morgan fingerprint density at radius 3 is 2.52 bits per heavy atom. The van der Waals surface area contributed by atoms with Crippen molar-refractivity contribution < 1.29 is 0 Å². The third-order valence-electron chi connectivity index (χ3n) is 5.22. The minimum Gasteiger partial charge on any atom is -0.371 e. The maximum Gasteiger partial charge on any atom is 0.0562 e. The second-order valence-electron chi connectivity index (χ2n) is 6.38. The number of aromatic nitrogens is 1. The van der Waals surface area contributed by atoms with Gasteiger partial charge in [-0.05, 0) is 43.4 Å². The number of pyridine rings is 1. The molecule has 1 N–H and O–H groups in total. The van der Waals surface area contributed by atoms with Gasteiger partial charge in [-0.2, -0.15) is 0 Å². The molecule has 3 heteroatoms. The molecule has 1 aliphatic heterocycles. The first-order valence-corrected chi connectivity index (χ1v) is 8.63. The summed E-state index contributed by atoms with van der Waals surface area (Å²) < 4.78 is 0. The molecule has 21 heavy (non-hydrogen) atoms. The molecule has 1 aromatic heterocycles. The van der Waals surface area contributed by atoms with E-state index in [0.717, 1.165) is 18.8 Å². The average Bonchev–Trinajstić information content (AvgIpc) is 2.55. The van der Waals surface area contributed by atoms with Gasteiger partial charge in [-0.15, -0.1) is 0 Å². The zero-order valence-corrected chi connectivity index (χ0v) is 14.0. The lowest BCUT2D eigenvalue weighted by molar-refractivity contribution is 0.199. The Morgan fingerprint density at radius 1 is 1.19 bits per heavy atom. The maximum absolute atomic E-state index is 4.48. The highest BCUT2D eigenvalue weighted by atomic mass is 15.1. The molecule has 0 aliphatic carbocycles. The number of hydrogen-bond acceptors (Lipinski definition) is 3. The molecule has 0 spiro atoms. The molecule has 118 valence electrons. The summed E-state index contributed by atoms with van der Waals surface area (Å²) in [5.41, 5.74) is 3.09. The van der Waals surface area contributed by atoms with E-state index < -0.39 is 0 Å². The molecule has 0 saturated carbocycles. The quantitative estimate of drug-likeness (QED) is 0.769. The molecule has 1 fully saturated rings. The number of rotatable bonds is 7. The Labute approximate surface area is 130 Å². The standard InChI is InChI=1S/C18H31N3/c1-4-10-19-15-16-14-17(7-11-20-16)21-12-8-18(5-2,6-3)9-13-21/h7,11,14,19H,4-6,8-10,12-13,15H2,1-3H3. The normalized spacial score (nSPS) is 18.0. The van der Waals surface area contributed by atoms with Crippen LogP contribution in [0.2, 0.25) is 0 Å². The minimum absolute atomic E-state index is 0.592. The molecule has 1 aromatic rings. The van der Waals surface area contributed by atoms with E-state index >= 15 is 0 Å². The molecule has 0 atom stereocenters. The summed E-state index contributed by atoms with van der Waals surface area (Å²) in [4.78, 5) is 7.01. The number of hydrogen-bond donors (Lipinski definition) is 1. The van der Waals surface area contributed by atoms with Crippen LogP contribution in [0, 0.1) is 5.41 Å². The molecule has 0 aromatic carbocycles. The van der Waals surface area contributed by atoms with Gasteiger partial charge in [0.25, 0.3) is 0 Å². The van der Waals surface area contributed by atoms with Crippen LogP contribution in [0.5, 0.6) is 0 Å². The van der Waals surface area contributed by atoms with E-state index in [-0.39, 0.29) is 0 Å². The Morgan fingerprint density at radius 2 is 1.90 bits per heavy atom. The van der Waals surface area contributed by atoms with Gasteiger partial charge in [0.15, 0.2) is 0 Å². The molecule has 1 aliphatic rings. The summed E-state index contributed by atoms with van der Waals surface area (Å²) in [6.45, 7) is 11.2. The molecule has 0 bridgehead atoms. The van der Waals surface area contributed by atoms with Crippen LogP contribution >= 0.6 is 0 Å². The van der Waals surface area contributed by atoms with Gasteiger partial charge in [0.1, 0.15) is 0 Å². The predicted octanol–water partition coefficient (Wildman–Crippen LogP) is 3.99. The Hall–Kier alpha value is -1.09. The van der Waals surface area contributed by atoms with E-state index in [4.69, 9.17) is 0 Å².